The number of rotatable bonds is 4. The van der Waals surface area contributed by atoms with Crippen LogP contribution in [0, 0.1) is 0 Å². The topological polar surface area (TPSA) is 60.2 Å². The SMILES string of the molecule is COc1ccc(NCc2ccnc(N)c2)cc1. The Kier molecular flexibility index (Phi) is 3.45. The predicted molar refractivity (Wildman–Crippen MR) is 69.0 cm³/mol. The van der Waals surface area contributed by atoms with E-state index in [0.29, 0.717) is 5.82 Å². The van der Waals surface area contributed by atoms with Gasteiger partial charge in [-0.05, 0) is 42.0 Å². The van der Waals surface area contributed by atoms with Gasteiger partial charge in [-0.2, -0.15) is 0 Å². The first-order valence-electron chi connectivity index (χ1n) is 5.36. The van der Waals surface area contributed by atoms with Gasteiger partial charge in [0, 0.05) is 18.4 Å². The van der Waals surface area contributed by atoms with Crippen LogP contribution in [0.15, 0.2) is 42.6 Å². The van der Waals surface area contributed by atoms with Gasteiger partial charge in [-0.1, -0.05) is 0 Å². The fourth-order valence-corrected chi connectivity index (χ4v) is 1.52. The van der Waals surface area contributed by atoms with Crippen LogP contribution in [0.1, 0.15) is 5.56 Å². The first-order chi connectivity index (χ1) is 8.28. The lowest BCUT2D eigenvalue weighted by Crippen LogP contribution is -2.00. The van der Waals surface area contributed by atoms with Crippen molar-refractivity contribution in [3.8, 4) is 5.75 Å². The number of benzene rings is 1. The maximum absolute atomic E-state index is 5.61. The summed E-state index contributed by atoms with van der Waals surface area (Å²) in [5.74, 6) is 1.39. The summed E-state index contributed by atoms with van der Waals surface area (Å²) in [5.41, 5.74) is 7.76. The molecule has 0 saturated carbocycles. The Morgan fingerprint density at radius 2 is 2.00 bits per heavy atom. The Labute approximate surface area is 100 Å². The molecule has 0 radical (unpaired) electrons. The molecule has 2 rings (SSSR count). The predicted octanol–water partition coefficient (Wildman–Crippen LogP) is 2.28. The first kappa shape index (κ1) is 11.3. The zero-order valence-electron chi connectivity index (χ0n) is 9.68. The molecule has 0 aliphatic rings. The number of hydrogen-bond acceptors (Lipinski definition) is 4. The maximum Gasteiger partial charge on any atom is 0.123 e. The number of anilines is 2. The van der Waals surface area contributed by atoms with Gasteiger partial charge in [-0.15, -0.1) is 0 Å². The fourth-order valence-electron chi connectivity index (χ4n) is 1.52. The van der Waals surface area contributed by atoms with Crippen LogP contribution in [-0.2, 0) is 6.54 Å². The van der Waals surface area contributed by atoms with E-state index >= 15 is 0 Å². The molecule has 0 fully saturated rings. The van der Waals surface area contributed by atoms with E-state index in [1.54, 1.807) is 13.3 Å². The lowest BCUT2D eigenvalue weighted by atomic mass is 10.2. The second-order valence-corrected chi connectivity index (χ2v) is 3.67. The van der Waals surface area contributed by atoms with Crippen LogP contribution >= 0.6 is 0 Å². The molecule has 0 atom stereocenters. The van der Waals surface area contributed by atoms with E-state index in [2.05, 4.69) is 10.3 Å². The van der Waals surface area contributed by atoms with Gasteiger partial charge in [0.2, 0.25) is 0 Å². The van der Waals surface area contributed by atoms with Gasteiger partial charge in [-0.25, -0.2) is 4.98 Å². The number of methoxy groups -OCH3 is 1. The average Bonchev–Trinajstić information content (AvgIpc) is 2.37. The molecule has 2 aromatic rings. The Hall–Kier alpha value is -2.23. The quantitative estimate of drug-likeness (QED) is 0.844. The van der Waals surface area contributed by atoms with E-state index in [9.17, 15) is 0 Å². The highest BCUT2D eigenvalue weighted by Crippen LogP contribution is 2.15. The summed E-state index contributed by atoms with van der Waals surface area (Å²) >= 11 is 0. The summed E-state index contributed by atoms with van der Waals surface area (Å²) in [6, 6.07) is 11.6. The molecular weight excluding hydrogens is 214 g/mol. The lowest BCUT2D eigenvalue weighted by Gasteiger charge is -2.07. The maximum atomic E-state index is 5.61. The molecular formula is C13H15N3O. The van der Waals surface area contributed by atoms with Crippen LogP contribution in [0.2, 0.25) is 0 Å². The van der Waals surface area contributed by atoms with Gasteiger partial charge in [0.1, 0.15) is 11.6 Å². The van der Waals surface area contributed by atoms with Crippen LogP contribution in [0.4, 0.5) is 11.5 Å². The van der Waals surface area contributed by atoms with E-state index in [1.165, 1.54) is 0 Å². The Bertz CT molecular complexity index is 482. The molecule has 0 amide bonds. The Morgan fingerprint density at radius 1 is 1.24 bits per heavy atom. The molecule has 0 saturated heterocycles. The summed E-state index contributed by atoms with van der Waals surface area (Å²) in [4.78, 5) is 3.95. The molecule has 0 bridgehead atoms. The smallest absolute Gasteiger partial charge is 0.123 e. The van der Waals surface area contributed by atoms with Gasteiger partial charge in [-0.3, -0.25) is 0 Å². The lowest BCUT2D eigenvalue weighted by molar-refractivity contribution is 0.415. The van der Waals surface area contributed by atoms with Gasteiger partial charge in [0.25, 0.3) is 0 Å². The van der Waals surface area contributed by atoms with Crippen LogP contribution in [0.5, 0.6) is 5.75 Å². The third-order valence-corrected chi connectivity index (χ3v) is 2.43. The normalized spacial score (nSPS) is 9.94. The van der Waals surface area contributed by atoms with E-state index in [1.807, 2.05) is 36.4 Å². The molecule has 1 aromatic heterocycles. The standard InChI is InChI=1S/C13H15N3O/c1-17-12-4-2-11(3-5-12)16-9-10-6-7-15-13(14)8-10/h2-8,16H,9H2,1H3,(H2,14,15). The molecule has 88 valence electrons. The van der Waals surface area contributed by atoms with Crippen molar-refractivity contribution in [1.29, 1.82) is 0 Å². The number of aromatic nitrogens is 1. The van der Waals surface area contributed by atoms with Crippen molar-refractivity contribution in [3.05, 3.63) is 48.2 Å². The number of ether oxygens (including phenoxy) is 1. The van der Waals surface area contributed by atoms with Crippen molar-refractivity contribution in [3.63, 3.8) is 0 Å². The van der Waals surface area contributed by atoms with E-state index < -0.39 is 0 Å². The van der Waals surface area contributed by atoms with Gasteiger partial charge in [0.15, 0.2) is 0 Å². The summed E-state index contributed by atoms with van der Waals surface area (Å²) in [7, 11) is 1.65. The third kappa shape index (κ3) is 3.11. The summed E-state index contributed by atoms with van der Waals surface area (Å²) in [6.07, 6.45) is 1.71. The minimum Gasteiger partial charge on any atom is -0.497 e. The summed E-state index contributed by atoms with van der Waals surface area (Å²) < 4.78 is 5.10. The first-order valence-corrected chi connectivity index (χ1v) is 5.36. The highest BCUT2D eigenvalue weighted by atomic mass is 16.5. The summed E-state index contributed by atoms with van der Waals surface area (Å²) in [5, 5.41) is 3.30. The van der Waals surface area contributed by atoms with E-state index in [4.69, 9.17) is 10.5 Å². The van der Waals surface area contributed by atoms with Gasteiger partial charge < -0.3 is 15.8 Å². The number of pyridine rings is 1. The number of nitrogens with one attached hydrogen (secondary N) is 1. The number of hydrogen-bond donors (Lipinski definition) is 2. The minimum atomic E-state index is 0.541. The molecule has 0 aliphatic carbocycles. The largest absolute Gasteiger partial charge is 0.497 e. The van der Waals surface area contributed by atoms with Crippen LogP contribution < -0.4 is 15.8 Å². The molecule has 17 heavy (non-hydrogen) atoms. The second kappa shape index (κ2) is 5.21. The van der Waals surface area contributed by atoms with Gasteiger partial charge >= 0.3 is 0 Å². The third-order valence-electron chi connectivity index (χ3n) is 2.43. The van der Waals surface area contributed by atoms with Gasteiger partial charge in [0.05, 0.1) is 7.11 Å². The van der Waals surface area contributed by atoms with E-state index in [-0.39, 0.29) is 0 Å². The minimum absolute atomic E-state index is 0.541. The molecule has 0 aliphatic heterocycles. The van der Waals surface area contributed by atoms with Crippen molar-refractivity contribution < 1.29 is 4.74 Å². The summed E-state index contributed by atoms with van der Waals surface area (Å²) in [6.45, 7) is 0.721. The zero-order chi connectivity index (χ0) is 12.1. The molecule has 1 aromatic carbocycles. The highest BCUT2D eigenvalue weighted by molar-refractivity contribution is 5.47. The van der Waals surface area contributed by atoms with Crippen LogP contribution in [0.25, 0.3) is 0 Å². The van der Waals surface area contributed by atoms with E-state index in [0.717, 1.165) is 23.5 Å². The van der Waals surface area contributed by atoms with Crippen molar-refractivity contribution in [1.82, 2.24) is 4.98 Å². The monoisotopic (exact) mass is 229 g/mol. The van der Waals surface area contributed by atoms with Crippen LogP contribution in [0.3, 0.4) is 0 Å². The molecule has 3 N–H and O–H groups in total. The number of nitrogen functional groups attached to an aromatic ring is 1. The molecule has 4 nitrogen and oxygen atoms in total. The molecule has 1 heterocycles. The highest BCUT2D eigenvalue weighted by Gasteiger charge is 1.96. The molecule has 4 heteroatoms. The second-order valence-electron chi connectivity index (χ2n) is 3.67. The van der Waals surface area contributed by atoms with Crippen molar-refractivity contribution in [2.45, 2.75) is 6.54 Å². The fraction of sp³-hybridized carbons (Fsp3) is 0.154. The zero-order valence-corrected chi connectivity index (χ0v) is 9.68. The number of nitrogens with zero attached hydrogens (tertiary/aromatic N) is 1. The van der Waals surface area contributed by atoms with Crippen molar-refractivity contribution in [2.75, 3.05) is 18.2 Å². The molecule has 0 unspecified atom stereocenters. The van der Waals surface area contributed by atoms with Crippen molar-refractivity contribution in [2.24, 2.45) is 0 Å². The Morgan fingerprint density at radius 3 is 2.65 bits per heavy atom. The Balaban J connectivity index is 1.97. The average molecular weight is 229 g/mol. The van der Waals surface area contributed by atoms with Crippen LogP contribution in [-0.4, -0.2) is 12.1 Å². The molecule has 0 spiro atoms. The number of nitrogens with two attached hydrogens (primary N) is 1. The van der Waals surface area contributed by atoms with Crippen molar-refractivity contribution >= 4 is 11.5 Å².